The molecule has 0 radical (unpaired) electrons. The average Bonchev–Trinajstić information content (AvgIpc) is 2.80. The molecule has 2 N–H and O–H groups in total. The van der Waals surface area contributed by atoms with E-state index in [0.717, 1.165) is 43.1 Å². The Balaban J connectivity index is 0.00000103. The lowest BCUT2D eigenvalue weighted by molar-refractivity contribution is -0.161. The van der Waals surface area contributed by atoms with Crippen LogP contribution < -0.4 is 5.32 Å². The van der Waals surface area contributed by atoms with Crippen molar-refractivity contribution < 1.29 is 32.0 Å². The van der Waals surface area contributed by atoms with Crippen LogP contribution in [0, 0.1) is 29.1 Å². The van der Waals surface area contributed by atoms with Gasteiger partial charge in [0.2, 0.25) is 6.79 Å². The van der Waals surface area contributed by atoms with Gasteiger partial charge in [-0.3, -0.25) is 9.35 Å². The van der Waals surface area contributed by atoms with Crippen LogP contribution in [0.15, 0.2) is 23.3 Å². The minimum Gasteiger partial charge on any atom is -0.427 e. The Morgan fingerprint density at radius 1 is 0.975 bits per heavy atom. The van der Waals surface area contributed by atoms with Crippen molar-refractivity contribution in [2.24, 2.45) is 29.1 Å². The van der Waals surface area contributed by atoms with Crippen LogP contribution in [0.1, 0.15) is 86.5 Å². The number of nitrogens with one attached hydrogen (secondary N) is 1. The number of hydrogen-bond donors (Lipinski definition) is 2. The summed E-state index contributed by atoms with van der Waals surface area (Å²) in [4.78, 5) is 26.6. The molecule has 40 heavy (non-hydrogen) atoms. The van der Waals surface area contributed by atoms with Crippen molar-refractivity contribution in [1.82, 2.24) is 10.2 Å². The van der Waals surface area contributed by atoms with E-state index < -0.39 is 21.6 Å². The molecule has 0 aromatic carbocycles. The molecule has 4 saturated carbocycles. The molecule has 4 aliphatic carbocycles. The Morgan fingerprint density at radius 3 is 2.02 bits per heavy atom. The summed E-state index contributed by atoms with van der Waals surface area (Å²) < 4.78 is 36.3. The van der Waals surface area contributed by atoms with Gasteiger partial charge in [-0.15, -0.1) is 0 Å². The summed E-state index contributed by atoms with van der Waals surface area (Å²) in [6.07, 6.45) is 13.6. The molecule has 0 saturated heterocycles. The van der Waals surface area contributed by atoms with Crippen molar-refractivity contribution in [2.75, 3.05) is 32.7 Å². The molecule has 10 heteroatoms. The predicted octanol–water partition coefficient (Wildman–Crippen LogP) is 5.58. The van der Waals surface area contributed by atoms with E-state index in [-0.39, 0.29) is 12.8 Å². The minimum atomic E-state index is -3.67. The Hall–Kier alpha value is -1.91. The third-order valence-corrected chi connectivity index (χ3v) is 7.98. The van der Waals surface area contributed by atoms with Crippen molar-refractivity contribution in [3.05, 3.63) is 23.3 Å². The van der Waals surface area contributed by atoms with Crippen LogP contribution in [-0.2, 0) is 24.4 Å². The van der Waals surface area contributed by atoms with Crippen molar-refractivity contribution >= 4 is 22.2 Å². The molecule has 9 nitrogen and oxygen atoms in total. The van der Waals surface area contributed by atoms with Crippen molar-refractivity contribution in [2.45, 2.75) is 92.5 Å². The van der Waals surface area contributed by atoms with Gasteiger partial charge in [0.05, 0.1) is 11.7 Å². The van der Waals surface area contributed by atoms with E-state index in [0.29, 0.717) is 25.4 Å². The number of hydrogen-bond acceptors (Lipinski definition) is 7. The van der Waals surface area contributed by atoms with E-state index in [1.165, 1.54) is 43.3 Å². The van der Waals surface area contributed by atoms with Gasteiger partial charge in [-0.25, -0.2) is 4.79 Å². The molecule has 0 unspecified atom stereocenters. The van der Waals surface area contributed by atoms with Crippen LogP contribution in [0.25, 0.3) is 0 Å². The zero-order valence-corrected chi connectivity index (χ0v) is 26.4. The van der Waals surface area contributed by atoms with Crippen molar-refractivity contribution in [1.29, 1.82) is 0 Å². The fourth-order valence-corrected chi connectivity index (χ4v) is 6.28. The highest BCUT2D eigenvalue weighted by Crippen LogP contribution is 2.53. The second-order valence-corrected chi connectivity index (χ2v) is 14.6. The number of carbonyl (C=O) groups excluding carboxylic acids is 2. The summed E-state index contributed by atoms with van der Waals surface area (Å²) in [5, 5.41) is 3.82. The van der Waals surface area contributed by atoms with Gasteiger partial charge in [0.25, 0.3) is 10.1 Å². The zero-order chi connectivity index (χ0) is 30.1. The van der Waals surface area contributed by atoms with Crippen LogP contribution in [-0.4, -0.2) is 68.7 Å². The summed E-state index contributed by atoms with van der Waals surface area (Å²) in [6, 6.07) is 0.592. The number of rotatable bonds is 11. The van der Waals surface area contributed by atoms with Crippen molar-refractivity contribution in [3.8, 4) is 0 Å². The Bertz CT molecular complexity index is 974. The number of amides is 1. The Kier molecular flexibility index (Phi) is 13.2. The SMILES string of the molecule is CC(C)=CCC/C(C)=C/CN(CCNC1C2CC3CC(C2)CC1C3)C(=O)OCOC(=O)C(C)(C)C.CS(=O)(=O)O. The Morgan fingerprint density at radius 2 is 1.52 bits per heavy atom. The largest absolute Gasteiger partial charge is 0.427 e. The van der Waals surface area contributed by atoms with E-state index in [4.69, 9.17) is 14.0 Å². The van der Waals surface area contributed by atoms with E-state index in [2.05, 4.69) is 38.2 Å². The minimum absolute atomic E-state index is 0.350. The van der Waals surface area contributed by atoms with Gasteiger partial charge in [0.15, 0.2) is 0 Å². The summed E-state index contributed by atoms with van der Waals surface area (Å²) in [5.74, 6) is 3.14. The molecular weight excluding hydrogens is 532 g/mol. The molecule has 0 atom stereocenters. The molecule has 0 aliphatic heterocycles. The molecule has 4 fully saturated rings. The highest BCUT2D eigenvalue weighted by Gasteiger charge is 2.47. The molecule has 0 spiro atoms. The van der Waals surface area contributed by atoms with Gasteiger partial charge in [0, 0.05) is 25.7 Å². The van der Waals surface area contributed by atoms with Gasteiger partial charge in [0.1, 0.15) is 0 Å². The number of allylic oxidation sites excluding steroid dienone is 3. The molecular formula is C30H52N2O7S. The van der Waals surface area contributed by atoms with E-state index in [1.54, 1.807) is 25.7 Å². The predicted molar refractivity (Wildman–Crippen MR) is 157 cm³/mol. The van der Waals surface area contributed by atoms with Crippen LogP contribution in [0.2, 0.25) is 0 Å². The van der Waals surface area contributed by atoms with Crippen LogP contribution >= 0.6 is 0 Å². The highest BCUT2D eigenvalue weighted by atomic mass is 32.2. The molecule has 0 aromatic rings. The third kappa shape index (κ3) is 12.7. The van der Waals surface area contributed by atoms with Crippen LogP contribution in [0.5, 0.6) is 0 Å². The summed E-state index contributed by atoms with van der Waals surface area (Å²) in [6.45, 7) is 13.2. The molecule has 1 amide bonds. The fraction of sp³-hybridized carbons (Fsp3) is 0.800. The molecule has 4 aliphatic rings. The number of nitrogens with zero attached hydrogens (tertiary/aromatic N) is 1. The van der Waals surface area contributed by atoms with Gasteiger partial charge >= 0.3 is 12.1 Å². The molecule has 230 valence electrons. The standard InChI is InChI=1S/C29H48N2O4.CH4O3S/c1-20(2)8-7-9-21(3)10-12-31(28(33)35-19-34-27(32)29(4,5)6)13-11-30-26-24-15-22-14-23(17-24)18-25(26)16-22;1-5(2,3)4/h8,10,22-26,30H,7,9,11-19H2,1-6H3;1H3,(H,2,3,4)/b21-10+;. The smallest absolute Gasteiger partial charge is 0.412 e. The maximum Gasteiger partial charge on any atom is 0.412 e. The zero-order valence-electron chi connectivity index (χ0n) is 25.6. The molecule has 0 heterocycles. The summed E-state index contributed by atoms with van der Waals surface area (Å²) >= 11 is 0. The van der Waals surface area contributed by atoms with Gasteiger partial charge in [-0.05, 0) is 110 Å². The second kappa shape index (κ2) is 15.4. The molecule has 0 aromatic heterocycles. The van der Waals surface area contributed by atoms with E-state index >= 15 is 0 Å². The maximum absolute atomic E-state index is 12.9. The molecule has 4 rings (SSSR count). The highest BCUT2D eigenvalue weighted by molar-refractivity contribution is 7.85. The first-order valence-electron chi connectivity index (χ1n) is 14.6. The first-order valence-corrected chi connectivity index (χ1v) is 16.4. The van der Waals surface area contributed by atoms with Crippen LogP contribution in [0.4, 0.5) is 4.79 Å². The first-order chi connectivity index (χ1) is 18.5. The lowest BCUT2D eigenvalue weighted by Crippen LogP contribution is -2.55. The van der Waals surface area contributed by atoms with Gasteiger partial charge in [-0.1, -0.05) is 23.3 Å². The third-order valence-electron chi connectivity index (χ3n) is 7.98. The quantitative estimate of drug-likeness (QED) is 0.140. The number of ether oxygens (including phenoxy) is 2. The van der Waals surface area contributed by atoms with Crippen molar-refractivity contribution in [3.63, 3.8) is 0 Å². The number of esters is 1. The lowest BCUT2D eigenvalue weighted by atomic mass is 9.54. The summed E-state index contributed by atoms with van der Waals surface area (Å²) in [7, 11) is -3.67. The van der Waals surface area contributed by atoms with Gasteiger partial charge < -0.3 is 19.7 Å². The monoisotopic (exact) mass is 584 g/mol. The summed E-state index contributed by atoms with van der Waals surface area (Å²) in [5.41, 5.74) is 1.96. The number of carbonyl (C=O) groups is 2. The average molecular weight is 585 g/mol. The van der Waals surface area contributed by atoms with E-state index in [9.17, 15) is 18.0 Å². The second-order valence-electron chi connectivity index (χ2n) is 13.2. The first kappa shape index (κ1) is 34.3. The Labute approximate surface area is 241 Å². The fourth-order valence-electron chi connectivity index (χ4n) is 6.28. The molecule has 4 bridgehead atoms. The topological polar surface area (TPSA) is 122 Å². The maximum atomic E-state index is 12.9. The normalized spacial score (nSPS) is 25.5. The lowest BCUT2D eigenvalue weighted by Gasteiger charge is -2.54. The van der Waals surface area contributed by atoms with E-state index in [1.807, 2.05) is 0 Å². The van der Waals surface area contributed by atoms with Crippen LogP contribution in [0.3, 0.4) is 0 Å². The van der Waals surface area contributed by atoms with Gasteiger partial charge in [-0.2, -0.15) is 8.42 Å².